The van der Waals surface area contributed by atoms with E-state index in [1.807, 2.05) is 25.1 Å². The van der Waals surface area contributed by atoms with Crippen LogP contribution in [-0.4, -0.2) is 5.91 Å². The third-order valence-electron chi connectivity index (χ3n) is 2.51. The SMILES string of the molecule is Cc1ccc(Oc2ccc(Br)cc2C(N)=O)c(Br)c1. The van der Waals surface area contributed by atoms with Crippen LogP contribution in [0.4, 0.5) is 0 Å². The Balaban J connectivity index is 2.40. The summed E-state index contributed by atoms with van der Waals surface area (Å²) in [5.74, 6) is 0.537. The third-order valence-corrected chi connectivity index (χ3v) is 3.63. The molecule has 19 heavy (non-hydrogen) atoms. The summed E-state index contributed by atoms with van der Waals surface area (Å²) in [5, 5.41) is 0. The number of carbonyl (C=O) groups is 1. The molecule has 2 rings (SSSR count). The molecule has 0 fully saturated rings. The lowest BCUT2D eigenvalue weighted by atomic mass is 10.2. The van der Waals surface area contributed by atoms with Crippen LogP contribution in [0, 0.1) is 6.92 Å². The number of hydrogen-bond acceptors (Lipinski definition) is 2. The average Bonchev–Trinajstić information content (AvgIpc) is 2.34. The standard InChI is InChI=1S/C14H11Br2NO2/c1-8-2-4-13(11(16)6-8)19-12-5-3-9(15)7-10(12)14(17)18/h2-7H,1H3,(H2,17,18). The normalized spacial score (nSPS) is 10.3. The highest BCUT2D eigenvalue weighted by Crippen LogP contribution is 2.33. The van der Waals surface area contributed by atoms with Crippen molar-refractivity contribution in [1.82, 2.24) is 0 Å². The minimum Gasteiger partial charge on any atom is -0.455 e. The topological polar surface area (TPSA) is 52.3 Å². The number of ether oxygens (including phenoxy) is 1. The molecule has 0 aromatic heterocycles. The molecule has 0 atom stereocenters. The summed E-state index contributed by atoms with van der Waals surface area (Å²) in [5.41, 5.74) is 6.80. The highest BCUT2D eigenvalue weighted by molar-refractivity contribution is 9.10. The van der Waals surface area contributed by atoms with Gasteiger partial charge in [0.15, 0.2) is 0 Å². The van der Waals surface area contributed by atoms with Gasteiger partial charge < -0.3 is 10.5 Å². The number of halogens is 2. The molecule has 0 bridgehead atoms. The Labute approximate surface area is 128 Å². The Hall–Kier alpha value is -1.33. The molecular formula is C14H11Br2NO2. The van der Waals surface area contributed by atoms with Crippen molar-refractivity contribution >= 4 is 37.8 Å². The van der Waals surface area contributed by atoms with Gasteiger partial charge in [-0.2, -0.15) is 0 Å². The Morgan fingerprint density at radius 3 is 2.42 bits per heavy atom. The van der Waals surface area contributed by atoms with Crippen LogP contribution >= 0.6 is 31.9 Å². The zero-order chi connectivity index (χ0) is 14.0. The number of amides is 1. The zero-order valence-electron chi connectivity index (χ0n) is 10.1. The molecule has 0 saturated heterocycles. The first-order chi connectivity index (χ1) is 8.97. The van der Waals surface area contributed by atoms with Crippen molar-refractivity contribution in [3.05, 3.63) is 56.5 Å². The fourth-order valence-electron chi connectivity index (χ4n) is 1.59. The second-order valence-corrected chi connectivity index (χ2v) is 5.81. The number of primary amides is 1. The van der Waals surface area contributed by atoms with Gasteiger partial charge in [-0.25, -0.2) is 0 Å². The second kappa shape index (κ2) is 5.75. The molecule has 0 aliphatic carbocycles. The van der Waals surface area contributed by atoms with Crippen LogP contribution in [0.2, 0.25) is 0 Å². The molecule has 0 radical (unpaired) electrons. The number of rotatable bonds is 3. The predicted octanol–water partition coefficient (Wildman–Crippen LogP) is 4.41. The molecule has 2 aromatic carbocycles. The van der Waals surface area contributed by atoms with Gasteiger partial charge in [0.25, 0.3) is 5.91 Å². The number of nitrogens with two attached hydrogens (primary N) is 1. The molecule has 3 nitrogen and oxygen atoms in total. The number of aryl methyl sites for hydroxylation is 1. The summed E-state index contributed by atoms with van der Waals surface area (Å²) >= 11 is 6.73. The molecule has 0 unspecified atom stereocenters. The van der Waals surface area contributed by atoms with Gasteiger partial charge in [0.05, 0.1) is 10.0 Å². The van der Waals surface area contributed by atoms with Crippen LogP contribution in [0.1, 0.15) is 15.9 Å². The van der Waals surface area contributed by atoms with E-state index in [2.05, 4.69) is 31.9 Å². The van der Waals surface area contributed by atoms with E-state index in [0.717, 1.165) is 14.5 Å². The lowest BCUT2D eigenvalue weighted by Gasteiger charge is -2.11. The first kappa shape index (κ1) is 14.1. The molecule has 0 spiro atoms. The minimum atomic E-state index is -0.528. The molecule has 0 aliphatic rings. The third kappa shape index (κ3) is 3.36. The smallest absolute Gasteiger partial charge is 0.252 e. The van der Waals surface area contributed by atoms with Crippen molar-refractivity contribution in [2.75, 3.05) is 0 Å². The molecule has 2 aromatic rings. The molecule has 1 amide bonds. The van der Waals surface area contributed by atoms with Crippen LogP contribution in [0.5, 0.6) is 11.5 Å². The van der Waals surface area contributed by atoms with Crippen molar-refractivity contribution in [3.8, 4) is 11.5 Å². The fraction of sp³-hybridized carbons (Fsp3) is 0.0714. The van der Waals surface area contributed by atoms with E-state index in [-0.39, 0.29) is 0 Å². The van der Waals surface area contributed by atoms with E-state index in [9.17, 15) is 4.79 Å². The summed E-state index contributed by atoms with van der Waals surface area (Å²) in [4.78, 5) is 11.4. The summed E-state index contributed by atoms with van der Waals surface area (Å²) in [7, 11) is 0. The Bertz CT molecular complexity index is 641. The van der Waals surface area contributed by atoms with Gasteiger partial charge in [0.2, 0.25) is 0 Å². The van der Waals surface area contributed by atoms with E-state index in [1.165, 1.54) is 0 Å². The fourth-order valence-corrected chi connectivity index (χ4v) is 2.53. The number of benzene rings is 2. The molecule has 0 saturated carbocycles. The van der Waals surface area contributed by atoms with Gasteiger partial charge in [0, 0.05) is 4.47 Å². The first-order valence-electron chi connectivity index (χ1n) is 5.51. The lowest BCUT2D eigenvalue weighted by molar-refractivity contribution is 0.0998. The quantitative estimate of drug-likeness (QED) is 0.851. The van der Waals surface area contributed by atoms with Crippen LogP contribution in [0.3, 0.4) is 0 Å². The zero-order valence-corrected chi connectivity index (χ0v) is 13.3. The molecule has 0 aliphatic heterocycles. The van der Waals surface area contributed by atoms with E-state index < -0.39 is 5.91 Å². The van der Waals surface area contributed by atoms with Crippen molar-refractivity contribution in [2.45, 2.75) is 6.92 Å². The lowest BCUT2D eigenvalue weighted by Crippen LogP contribution is -2.12. The van der Waals surface area contributed by atoms with Crippen molar-refractivity contribution in [2.24, 2.45) is 5.73 Å². The van der Waals surface area contributed by atoms with Gasteiger partial charge in [-0.3, -0.25) is 4.79 Å². The van der Waals surface area contributed by atoms with Crippen molar-refractivity contribution in [3.63, 3.8) is 0 Å². The maximum absolute atomic E-state index is 11.4. The van der Waals surface area contributed by atoms with Crippen LogP contribution in [0.15, 0.2) is 45.3 Å². The molecule has 2 N–H and O–H groups in total. The largest absolute Gasteiger partial charge is 0.455 e. The number of hydrogen-bond donors (Lipinski definition) is 1. The van der Waals surface area contributed by atoms with E-state index >= 15 is 0 Å². The van der Waals surface area contributed by atoms with Crippen LogP contribution in [-0.2, 0) is 0 Å². The maximum atomic E-state index is 11.4. The van der Waals surface area contributed by atoms with E-state index in [4.69, 9.17) is 10.5 Å². The van der Waals surface area contributed by atoms with Crippen LogP contribution < -0.4 is 10.5 Å². The molecule has 0 heterocycles. The number of carbonyl (C=O) groups excluding carboxylic acids is 1. The summed E-state index contributed by atoms with van der Waals surface area (Å²) in [6, 6.07) is 10.9. The second-order valence-electron chi connectivity index (χ2n) is 4.04. The first-order valence-corrected chi connectivity index (χ1v) is 7.09. The summed E-state index contributed by atoms with van der Waals surface area (Å²) < 4.78 is 7.34. The van der Waals surface area contributed by atoms with Gasteiger partial charge in [-0.1, -0.05) is 22.0 Å². The molecule has 5 heteroatoms. The average molecular weight is 385 g/mol. The minimum absolute atomic E-state index is 0.335. The van der Waals surface area contributed by atoms with Gasteiger partial charge in [0.1, 0.15) is 11.5 Å². The predicted molar refractivity (Wildman–Crippen MR) is 81.6 cm³/mol. The van der Waals surface area contributed by atoms with Crippen molar-refractivity contribution in [1.29, 1.82) is 0 Å². The van der Waals surface area contributed by atoms with E-state index in [0.29, 0.717) is 17.1 Å². The van der Waals surface area contributed by atoms with E-state index in [1.54, 1.807) is 18.2 Å². The monoisotopic (exact) mass is 383 g/mol. The Morgan fingerprint density at radius 2 is 1.79 bits per heavy atom. The Kier molecular flexibility index (Phi) is 4.27. The van der Waals surface area contributed by atoms with Crippen LogP contribution in [0.25, 0.3) is 0 Å². The van der Waals surface area contributed by atoms with Crippen molar-refractivity contribution < 1.29 is 9.53 Å². The summed E-state index contributed by atoms with van der Waals surface area (Å²) in [6.45, 7) is 1.99. The molecular weight excluding hydrogens is 374 g/mol. The van der Waals surface area contributed by atoms with Gasteiger partial charge in [-0.05, 0) is 58.7 Å². The van der Waals surface area contributed by atoms with Gasteiger partial charge >= 0.3 is 0 Å². The Morgan fingerprint density at radius 1 is 1.11 bits per heavy atom. The van der Waals surface area contributed by atoms with Gasteiger partial charge in [-0.15, -0.1) is 0 Å². The summed E-state index contributed by atoms with van der Waals surface area (Å²) in [6.07, 6.45) is 0. The molecule has 98 valence electrons. The maximum Gasteiger partial charge on any atom is 0.252 e. The highest BCUT2D eigenvalue weighted by Gasteiger charge is 2.12. The highest BCUT2D eigenvalue weighted by atomic mass is 79.9.